The van der Waals surface area contributed by atoms with Crippen molar-refractivity contribution in [2.75, 3.05) is 22.1 Å². The first-order chi connectivity index (χ1) is 16.6. The zero-order valence-corrected chi connectivity index (χ0v) is 21.2. The number of anilines is 3. The molecule has 0 aromatic heterocycles. The highest BCUT2D eigenvalue weighted by Gasteiger charge is 2.32. The molecule has 188 valence electrons. The van der Waals surface area contributed by atoms with E-state index in [2.05, 4.69) is 28.9 Å². The molecule has 0 unspecified atom stereocenters. The third-order valence-corrected chi connectivity index (χ3v) is 5.69. The molecular weight excluding hydrogens is 444 g/mol. The van der Waals surface area contributed by atoms with Crippen LogP contribution < -0.4 is 20.9 Å². The highest BCUT2D eigenvalue weighted by molar-refractivity contribution is 5.95. The second-order valence-corrected chi connectivity index (χ2v) is 9.76. The average Bonchev–Trinajstić information content (AvgIpc) is 2.79. The predicted molar refractivity (Wildman–Crippen MR) is 139 cm³/mol. The summed E-state index contributed by atoms with van der Waals surface area (Å²) in [6.07, 6.45) is 0.872. The van der Waals surface area contributed by atoms with Crippen molar-refractivity contribution >= 4 is 35.0 Å². The second kappa shape index (κ2) is 11.3. The van der Waals surface area contributed by atoms with Crippen LogP contribution in [-0.2, 0) is 14.3 Å². The summed E-state index contributed by atoms with van der Waals surface area (Å²) in [6, 6.07) is 15.7. The number of hydrogen-bond donors (Lipinski definition) is 3. The van der Waals surface area contributed by atoms with Crippen LogP contribution in [0.5, 0.6) is 0 Å². The Kier molecular flexibility index (Phi) is 8.38. The van der Waals surface area contributed by atoms with E-state index in [0.717, 1.165) is 23.4 Å². The molecule has 8 heteroatoms. The van der Waals surface area contributed by atoms with Crippen molar-refractivity contribution in [3.63, 3.8) is 0 Å². The molecule has 3 amide bonds. The van der Waals surface area contributed by atoms with Crippen LogP contribution in [0.1, 0.15) is 65.5 Å². The quantitative estimate of drug-likeness (QED) is 0.504. The first kappa shape index (κ1) is 26.1. The first-order valence-corrected chi connectivity index (χ1v) is 12.1. The van der Waals surface area contributed by atoms with Crippen LogP contribution in [0.25, 0.3) is 0 Å². The Bertz CT molecular complexity index is 1050. The molecule has 0 radical (unpaired) electrons. The average molecular weight is 481 g/mol. The lowest BCUT2D eigenvalue weighted by Gasteiger charge is -2.40. The Morgan fingerprint density at radius 3 is 2.34 bits per heavy atom. The van der Waals surface area contributed by atoms with Crippen LogP contribution in [0.4, 0.5) is 21.9 Å². The van der Waals surface area contributed by atoms with E-state index >= 15 is 0 Å². The van der Waals surface area contributed by atoms with Crippen molar-refractivity contribution in [3.8, 4) is 0 Å². The predicted octanol–water partition coefficient (Wildman–Crippen LogP) is 5.23. The molecule has 1 aliphatic rings. The number of carbonyl (C=O) groups excluding carboxylic acids is 3. The van der Waals surface area contributed by atoms with Gasteiger partial charge in [-0.05, 0) is 70.0 Å². The lowest BCUT2D eigenvalue weighted by atomic mass is 9.91. The summed E-state index contributed by atoms with van der Waals surface area (Å²) in [4.78, 5) is 38.3. The maximum Gasteiger partial charge on any atom is 0.407 e. The van der Waals surface area contributed by atoms with Gasteiger partial charge in [0.25, 0.3) is 0 Å². The minimum absolute atomic E-state index is 0.0708. The van der Waals surface area contributed by atoms with Gasteiger partial charge in [0, 0.05) is 42.5 Å². The van der Waals surface area contributed by atoms with Crippen molar-refractivity contribution in [3.05, 3.63) is 54.1 Å². The second-order valence-electron chi connectivity index (χ2n) is 9.76. The Morgan fingerprint density at radius 1 is 1.03 bits per heavy atom. The fraction of sp³-hybridized carbons (Fsp3) is 0.444. The summed E-state index contributed by atoms with van der Waals surface area (Å²) in [5, 5.41) is 9.00. The first-order valence-electron chi connectivity index (χ1n) is 12.1. The molecule has 0 fully saturated rings. The SMILES string of the molecule is CCC(=O)N1c2ccccc2[C@H](Nc2ccc(NC(=O)CCNC(=O)OC(C)(C)C)cc2)C[C@@H]1C. The summed E-state index contributed by atoms with van der Waals surface area (Å²) in [6.45, 7) is 9.51. The monoisotopic (exact) mass is 480 g/mol. The number of alkyl carbamates (subject to hydrolysis) is 1. The zero-order valence-electron chi connectivity index (χ0n) is 21.2. The van der Waals surface area contributed by atoms with E-state index in [9.17, 15) is 14.4 Å². The molecule has 0 bridgehead atoms. The zero-order chi connectivity index (χ0) is 25.6. The van der Waals surface area contributed by atoms with Crippen LogP contribution in [0.3, 0.4) is 0 Å². The van der Waals surface area contributed by atoms with Crippen molar-refractivity contribution in [2.45, 2.75) is 71.6 Å². The highest BCUT2D eigenvalue weighted by Crippen LogP contribution is 2.39. The van der Waals surface area contributed by atoms with E-state index < -0.39 is 11.7 Å². The number of nitrogens with zero attached hydrogens (tertiary/aromatic N) is 1. The van der Waals surface area contributed by atoms with E-state index in [1.807, 2.05) is 54.3 Å². The highest BCUT2D eigenvalue weighted by atomic mass is 16.6. The molecule has 1 aliphatic heterocycles. The van der Waals surface area contributed by atoms with Gasteiger partial charge in [-0.1, -0.05) is 25.1 Å². The fourth-order valence-corrected chi connectivity index (χ4v) is 4.17. The fourth-order valence-electron chi connectivity index (χ4n) is 4.17. The number of ether oxygens (including phenoxy) is 1. The Labute approximate surface area is 207 Å². The van der Waals surface area contributed by atoms with Gasteiger partial charge < -0.3 is 25.6 Å². The molecule has 2 atom stereocenters. The number of para-hydroxylation sites is 1. The largest absolute Gasteiger partial charge is 0.444 e. The Morgan fingerprint density at radius 2 is 1.69 bits per heavy atom. The van der Waals surface area contributed by atoms with Crippen molar-refractivity contribution in [1.82, 2.24) is 5.32 Å². The van der Waals surface area contributed by atoms with Crippen LogP contribution in [0.2, 0.25) is 0 Å². The van der Waals surface area contributed by atoms with Gasteiger partial charge in [-0.15, -0.1) is 0 Å². The topological polar surface area (TPSA) is 99.8 Å². The lowest BCUT2D eigenvalue weighted by Crippen LogP contribution is -2.44. The minimum atomic E-state index is -0.577. The van der Waals surface area contributed by atoms with Gasteiger partial charge >= 0.3 is 6.09 Å². The molecule has 2 aromatic carbocycles. The maximum atomic E-state index is 12.5. The number of rotatable bonds is 7. The third kappa shape index (κ3) is 7.21. The molecule has 0 saturated heterocycles. The van der Waals surface area contributed by atoms with Gasteiger partial charge in [0.2, 0.25) is 11.8 Å². The van der Waals surface area contributed by atoms with Gasteiger partial charge in [-0.2, -0.15) is 0 Å². The van der Waals surface area contributed by atoms with Gasteiger partial charge in [0.15, 0.2) is 0 Å². The molecule has 0 aliphatic carbocycles. The van der Waals surface area contributed by atoms with Crippen molar-refractivity contribution in [2.24, 2.45) is 0 Å². The number of benzene rings is 2. The maximum absolute atomic E-state index is 12.5. The standard InChI is InChI=1S/C27H36N4O4/c1-6-25(33)31-18(2)17-22(21-9-7-8-10-23(21)31)29-19-11-13-20(14-12-19)30-24(32)15-16-28-26(34)35-27(3,4)5/h7-14,18,22,29H,6,15-17H2,1-5H3,(H,28,34)(H,30,32)/t18-,22+/m0/s1. The summed E-state index contributed by atoms with van der Waals surface area (Å²) >= 11 is 0. The van der Waals surface area contributed by atoms with E-state index in [4.69, 9.17) is 4.74 Å². The van der Waals surface area contributed by atoms with Crippen LogP contribution in [0, 0.1) is 0 Å². The van der Waals surface area contributed by atoms with Gasteiger partial charge in [-0.25, -0.2) is 4.79 Å². The minimum Gasteiger partial charge on any atom is -0.444 e. The van der Waals surface area contributed by atoms with Gasteiger partial charge in [0.05, 0.1) is 6.04 Å². The molecule has 35 heavy (non-hydrogen) atoms. The van der Waals surface area contributed by atoms with E-state index in [-0.39, 0.29) is 36.9 Å². The van der Waals surface area contributed by atoms with E-state index in [1.54, 1.807) is 20.8 Å². The number of hydrogen-bond acceptors (Lipinski definition) is 5. The Balaban J connectivity index is 1.56. The van der Waals surface area contributed by atoms with E-state index in [0.29, 0.717) is 12.1 Å². The lowest BCUT2D eigenvalue weighted by molar-refractivity contribution is -0.119. The normalized spacial score (nSPS) is 17.2. The van der Waals surface area contributed by atoms with Crippen LogP contribution in [-0.4, -0.2) is 36.1 Å². The summed E-state index contributed by atoms with van der Waals surface area (Å²) in [5.74, 6) is -0.0673. The molecule has 2 aromatic rings. The molecule has 3 N–H and O–H groups in total. The third-order valence-electron chi connectivity index (χ3n) is 5.69. The number of nitrogens with one attached hydrogen (secondary N) is 3. The molecule has 3 rings (SSSR count). The van der Waals surface area contributed by atoms with Crippen molar-refractivity contribution in [1.29, 1.82) is 0 Å². The molecule has 8 nitrogen and oxygen atoms in total. The van der Waals surface area contributed by atoms with Gasteiger partial charge in [-0.3, -0.25) is 9.59 Å². The van der Waals surface area contributed by atoms with Crippen LogP contribution in [0.15, 0.2) is 48.5 Å². The molecule has 0 saturated carbocycles. The smallest absolute Gasteiger partial charge is 0.407 e. The number of carbonyl (C=O) groups is 3. The summed E-state index contributed by atoms with van der Waals surface area (Å²) in [5.41, 5.74) is 3.08. The molecule has 1 heterocycles. The molecule has 0 spiro atoms. The van der Waals surface area contributed by atoms with Crippen molar-refractivity contribution < 1.29 is 19.1 Å². The summed E-state index contributed by atoms with van der Waals surface area (Å²) < 4.78 is 5.16. The van der Waals surface area contributed by atoms with Crippen LogP contribution >= 0.6 is 0 Å². The van der Waals surface area contributed by atoms with E-state index in [1.165, 1.54) is 0 Å². The number of amides is 3. The number of fused-ring (bicyclic) bond motifs is 1. The Hall–Kier alpha value is -3.55. The molecular formula is C27H36N4O4. The summed E-state index contributed by atoms with van der Waals surface area (Å²) in [7, 11) is 0. The van der Waals surface area contributed by atoms with Gasteiger partial charge in [0.1, 0.15) is 5.60 Å².